The minimum atomic E-state index is 0.161. The van der Waals surface area contributed by atoms with Gasteiger partial charge in [-0.25, -0.2) is 0 Å². The second kappa shape index (κ2) is 2.34. The van der Waals surface area contributed by atoms with Gasteiger partial charge in [0.25, 0.3) is 0 Å². The molecule has 1 aromatic rings. The summed E-state index contributed by atoms with van der Waals surface area (Å²) in [4.78, 5) is 12.1. The topological polar surface area (TPSA) is 29.1 Å². The van der Waals surface area contributed by atoms with Crippen molar-refractivity contribution in [1.82, 2.24) is 5.32 Å². The van der Waals surface area contributed by atoms with Gasteiger partial charge in [0.1, 0.15) is 0 Å². The average Bonchev–Trinajstić information content (AvgIpc) is 2.51. The maximum absolute atomic E-state index is 10.8. The van der Waals surface area contributed by atoms with Crippen LogP contribution in [0.3, 0.4) is 0 Å². The zero-order valence-corrected chi connectivity index (χ0v) is 7.02. The molecule has 1 N–H and O–H groups in total. The predicted octanol–water partition coefficient (Wildman–Crippen LogP) is 1.56. The first-order chi connectivity index (χ1) is 5.29. The van der Waals surface area contributed by atoms with Crippen LogP contribution in [0.5, 0.6) is 0 Å². The fourth-order valence-electron chi connectivity index (χ4n) is 1.25. The predicted molar refractivity (Wildman–Crippen MR) is 44.4 cm³/mol. The lowest BCUT2D eigenvalue weighted by Crippen LogP contribution is -2.49. The van der Waals surface area contributed by atoms with E-state index in [2.05, 4.69) is 11.4 Å². The maximum Gasteiger partial charge on any atom is 0.225 e. The highest BCUT2D eigenvalue weighted by Crippen LogP contribution is 2.32. The summed E-state index contributed by atoms with van der Waals surface area (Å²) in [7, 11) is 0. The number of nitrogens with one attached hydrogen (secondary N) is 1. The summed E-state index contributed by atoms with van der Waals surface area (Å²) in [5.74, 6) is 0.331. The van der Waals surface area contributed by atoms with Gasteiger partial charge in [-0.05, 0) is 11.4 Å². The largest absolute Gasteiger partial charge is 0.347 e. The molecule has 1 saturated heterocycles. The van der Waals surface area contributed by atoms with Gasteiger partial charge in [0.2, 0.25) is 5.91 Å². The SMILES string of the molecule is CC1C(=O)NC1c1cccs1. The molecular weight excluding hydrogens is 158 g/mol. The van der Waals surface area contributed by atoms with Crippen LogP contribution in [-0.2, 0) is 4.79 Å². The van der Waals surface area contributed by atoms with Crippen molar-refractivity contribution >= 4 is 17.2 Å². The van der Waals surface area contributed by atoms with Gasteiger partial charge in [-0.15, -0.1) is 11.3 Å². The Balaban J connectivity index is 2.15. The monoisotopic (exact) mass is 167 g/mol. The van der Waals surface area contributed by atoms with Crippen molar-refractivity contribution in [3.63, 3.8) is 0 Å². The number of thiophene rings is 1. The quantitative estimate of drug-likeness (QED) is 0.632. The molecule has 0 aromatic carbocycles. The molecule has 2 nitrogen and oxygen atoms in total. The second-order valence-electron chi connectivity index (χ2n) is 2.79. The van der Waals surface area contributed by atoms with Crippen LogP contribution >= 0.6 is 11.3 Å². The van der Waals surface area contributed by atoms with E-state index in [4.69, 9.17) is 0 Å². The van der Waals surface area contributed by atoms with Gasteiger partial charge in [0.15, 0.2) is 0 Å². The Morgan fingerprint density at radius 3 is 2.91 bits per heavy atom. The van der Waals surface area contributed by atoms with Gasteiger partial charge in [0.05, 0.1) is 12.0 Å². The number of amides is 1. The van der Waals surface area contributed by atoms with E-state index in [1.165, 1.54) is 4.88 Å². The molecule has 3 heteroatoms. The van der Waals surface area contributed by atoms with Crippen LogP contribution < -0.4 is 5.32 Å². The molecule has 0 bridgehead atoms. The van der Waals surface area contributed by atoms with Crippen LogP contribution in [0.4, 0.5) is 0 Å². The lowest BCUT2D eigenvalue weighted by atomic mass is 9.91. The Hall–Kier alpha value is -0.830. The molecule has 11 heavy (non-hydrogen) atoms. The molecule has 1 amide bonds. The normalized spacial score (nSPS) is 29.4. The molecule has 1 aliphatic heterocycles. The van der Waals surface area contributed by atoms with E-state index in [0.717, 1.165) is 0 Å². The lowest BCUT2D eigenvalue weighted by molar-refractivity contribution is -0.134. The van der Waals surface area contributed by atoms with Gasteiger partial charge in [-0.2, -0.15) is 0 Å². The van der Waals surface area contributed by atoms with Crippen LogP contribution in [0.25, 0.3) is 0 Å². The zero-order chi connectivity index (χ0) is 7.84. The Morgan fingerprint density at radius 2 is 2.45 bits per heavy atom. The van der Waals surface area contributed by atoms with E-state index in [1.54, 1.807) is 11.3 Å². The van der Waals surface area contributed by atoms with E-state index in [-0.39, 0.29) is 17.9 Å². The van der Waals surface area contributed by atoms with Gasteiger partial charge in [-0.1, -0.05) is 13.0 Å². The first-order valence-corrected chi connectivity index (χ1v) is 4.51. The van der Waals surface area contributed by atoms with Crippen LogP contribution in [0.2, 0.25) is 0 Å². The molecule has 0 spiro atoms. The van der Waals surface area contributed by atoms with Crippen molar-refractivity contribution in [1.29, 1.82) is 0 Å². The fourth-order valence-corrected chi connectivity index (χ4v) is 2.13. The maximum atomic E-state index is 10.8. The Bertz CT molecular complexity index is 268. The molecule has 2 rings (SSSR count). The summed E-state index contributed by atoms with van der Waals surface area (Å²) in [5.41, 5.74) is 0. The van der Waals surface area contributed by atoms with Crippen LogP contribution in [0.1, 0.15) is 17.8 Å². The van der Waals surface area contributed by atoms with Crippen molar-refractivity contribution in [2.75, 3.05) is 0 Å². The minimum Gasteiger partial charge on any atom is -0.347 e. The molecule has 1 aromatic heterocycles. The molecular formula is C8H9NOS. The van der Waals surface area contributed by atoms with Crippen LogP contribution in [-0.4, -0.2) is 5.91 Å². The number of carbonyl (C=O) groups excluding carboxylic acids is 1. The zero-order valence-electron chi connectivity index (χ0n) is 6.20. The van der Waals surface area contributed by atoms with Crippen LogP contribution in [0, 0.1) is 5.92 Å². The highest BCUT2D eigenvalue weighted by atomic mass is 32.1. The lowest BCUT2D eigenvalue weighted by Gasteiger charge is -2.33. The summed E-state index contributed by atoms with van der Waals surface area (Å²) in [5, 5.41) is 4.90. The second-order valence-corrected chi connectivity index (χ2v) is 3.77. The first kappa shape index (κ1) is 6.85. The number of rotatable bonds is 1. The van der Waals surface area contributed by atoms with E-state index in [1.807, 2.05) is 18.4 Å². The summed E-state index contributed by atoms with van der Waals surface area (Å²) < 4.78 is 0. The summed E-state index contributed by atoms with van der Waals surface area (Å²) in [6.07, 6.45) is 0. The standard InChI is InChI=1S/C8H9NOS/c1-5-7(9-8(5)10)6-3-2-4-11-6/h2-5,7H,1H3,(H,9,10). The van der Waals surface area contributed by atoms with Crippen molar-refractivity contribution in [2.24, 2.45) is 5.92 Å². The molecule has 2 heterocycles. The van der Waals surface area contributed by atoms with Crippen molar-refractivity contribution in [2.45, 2.75) is 13.0 Å². The van der Waals surface area contributed by atoms with Gasteiger partial charge >= 0.3 is 0 Å². The van der Waals surface area contributed by atoms with E-state index in [0.29, 0.717) is 0 Å². The Morgan fingerprint density at radius 1 is 1.64 bits per heavy atom. The van der Waals surface area contributed by atoms with Crippen molar-refractivity contribution in [3.05, 3.63) is 22.4 Å². The number of carbonyl (C=O) groups is 1. The molecule has 0 aliphatic carbocycles. The summed E-state index contributed by atoms with van der Waals surface area (Å²) >= 11 is 1.70. The third-order valence-electron chi connectivity index (χ3n) is 2.06. The smallest absolute Gasteiger partial charge is 0.225 e. The van der Waals surface area contributed by atoms with Crippen molar-refractivity contribution < 1.29 is 4.79 Å². The van der Waals surface area contributed by atoms with Gasteiger partial charge in [-0.3, -0.25) is 4.79 Å². The highest BCUT2D eigenvalue weighted by molar-refractivity contribution is 7.10. The Labute approximate surface area is 69.2 Å². The van der Waals surface area contributed by atoms with E-state index < -0.39 is 0 Å². The average molecular weight is 167 g/mol. The third-order valence-corrected chi connectivity index (χ3v) is 3.02. The Kier molecular flexibility index (Phi) is 1.46. The van der Waals surface area contributed by atoms with E-state index in [9.17, 15) is 4.79 Å². The molecule has 2 unspecified atom stereocenters. The van der Waals surface area contributed by atoms with Gasteiger partial charge < -0.3 is 5.32 Å². The molecule has 1 fully saturated rings. The number of hydrogen-bond donors (Lipinski definition) is 1. The van der Waals surface area contributed by atoms with E-state index >= 15 is 0 Å². The van der Waals surface area contributed by atoms with Crippen molar-refractivity contribution in [3.8, 4) is 0 Å². The molecule has 2 atom stereocenters. The number of hydrogen-bond acceptors (Lipinski definition) is 2. The fraction of sp³-hybridized carbons (Fsp3) is 0.375. The minimum absolute atomic E-state index is 0.161. The number of β-lactam (4-membered cyclic amide) rings is 1. The molecule has 1 aliphatic rings. The first-order valence-electron chi connectivity index (χ1n) is 3.63. The third kappa shape index (κ3) is 0.959. The summed E-state index contributed by atoms with van der Waals surface area (Å²) in [6, 6.07) is 4.35. The highest BCUT2D eigenvalue weighted by Gasteiger charge is 2.36. The molecule has 0 saturated carbocycles. The summed E-state index contributed by atoms with van der Waals surface area (Å²) in [6.45, 7) is 1.96. The molecule has 58 valence electrons. The van der Waals surface area contributed by atoms with Gasteiger partial charge in [0, 0.05) is 4.88 Å². The van der Waals surface area contributed by atoms with Crippen LogP contribution in [0.15, 0.2) is 17.5 Å². The molecule has 0 radical (unpaired) electrons.